The van der Waals surface area contributed by atoms with Crippen molar-refractivity contribution in [3.05, 3.63) is 9.33 Å². The third kappa shape index (κ3) is 1.49. The Labute approximate surface area is 78.7 Å². The van der Waals surface area contributed by atoms with E-state index in [0.29, 0.717) is 3.95 Å². The van der Waals surface area contributed by atoms with Gasteiger partial charge in [0.15, 0.2) is 3.95 Å². The molecular formula is C6H8N2O2S2. The van der Waals surface area contributed by atoms with Gasteiger partial charge in [-0.3, -0.25) is 0 Å². The standard InChI is InChI=1S/C6H8N2O2S2/c1-7(2)5(10)8-4(9)3-12-6(8)11/h3,9H,1-2H3. The van der Waals surface area contributed by atoms with Gasteiger partial charge in [-0.1, -0.05) is 0 Å². The third-order valence-electron chi connectivity index (χ3n) is 1.25. The molecule has 0 bridgehead atoms. The number of aromatic hydroxyl groups is 1. The van der Waals surface area contributed by atoms with Gasteiger partial charge < -0.3 is 10.0 Å². The van der Waals surface area contributed by atoms with Crippen molar-refractivity contribution in [3.63, 3.8) is 0 Å². The molecule has 1 aromatic rings. The number of hydrogen-bond donors (Lipinski definition) is 1. The number of rotatable bonds is 0. The largest absolute Gasteiger partial charge is 0.493 e. The molecule has 1 aromatic heterocycles. The van der Waals surface area contributed by atoms with Gasteiger partial charge >= 0.3 is 6.03 Å². The summed E-state index contributed by atoms with van der Waals surface area (Å²) in [5.41, 5.74) is 0. The van der Waals surface area contributed by atoms with Gasteiger partial charge in [-0.2, -0.15) is 0 Å². The van der Waals surface area contributed by atoms with E-state index in [1.807, 2.05) is 0 Å². The van der Waals surface area contributed by atoms with E-state index >= 15 is 0 Å². The van der Waals surface area contributed by atoms with Crippen LogP contribution in [0, 0.1) is 3.95 Å². The second kappa shape index (κ2) is 3.24. The summed E-state index contributed by atoms with van der Waals surface area (Å²) in [4.78, 5) is 12.7. The smallest absolute Gasteiger partial charge is 0.332 e. The molecule has 0 radical (unpaired) electrons. The zero-order valence-electron chi connectivity index (χ0n) is 6.64. The molecule has 1 rings (SSSR count). The van der Waals surface area contributed by atoms with Crippen LogP contribution in [0.5, 0.6) is 5.88 Å². The fourth-order valence-electron chi connectivity index (χ4n) is 0.678. The SMILES string of the molecule is CN(C)C(=O)n1c(O)csc1=S. The van der Waals surface area contributed by atoms with Crippen LogP contribution in [-0.4, -0.2) is 34.7 Å². The van der Waals surface area contributed by atoms with Crippen LogP contribution in [0.3, 0.4) is 0 Å². The first-order valence-corrected chi connectivity index (χ1v) is 4.44. The lowest BCUT2D eigenvalue weighted by molar-refractivity contribution is 0.216. The molecule has 1 N–H and O–H groups in total. The number of nitrogens with zero attached hydrogens (tertiary/aromatic N) is 2. The molecule has 0 saturated carbocycles. The van der Waals surface area contributed by atoms with Crippen LogP contribution in [0.2, 0.25) is 0 Å². The summed E-state index contributed by atoms with van der Waals surface area (Å²) in [5.74, 6) is -0.108. The summed E-state index contributed by atoms with van der Waals surface area (Å²) in [6.45, 7) is 0. The number of hydrogen-bond acceptors (Lipinski definition) is 4. The molecule has 0 unspecified atom stereocenters. The summed E-state index contributed by atoms with van der Waals surface area (Å²) >= 11 is 6.00. The van der Waals surface area contributed by atoms with E-state index in [1.54, 1.807) is 14.1 Å². The molecular weight excluding hydrogens is 196 g/mol. The fraction of sp³-hybridized carbons (Fsp3) is 0.333. The predicted octanol–water partition coefficient (Wildman–Crippen LogP) is 1.51. The van der Waals surface area contributed by atoms with Crippen molar-refractivity contribution in [1.82, 2.24) is 9.47 Å². The Hall–Kier alpha value is -0.880. The van der Waals surface area contributed by atoms with E-state index in [2.05, 4.69) is 0 Å². The number of carbonyl (C=O) groups excluding carboxylic acids is 1. The van der Waals surface area contributed by atoms with E-state index in [0.717, 1.165) is 15.9 Å². The summed E-state index contributed by atoms with van der Waals surface area (Å²) < 4.78 is 1.44. The van der Waals surface area contributed by atoms with Crippen molar-refractivity contribution in [2.45, 2.75) is 0 Å². The van der Waals surface area contributed by atoms with Crippen LogP contribution >= 0.6 is 23.6 Å². The minimum Gasteiger partial charge on any atom is -0.493 e. The first-order chi connectivity index (χ1) is 5.54. The molecule has 1 amide bonds. The summed E-state index contributed by atoms with van der Waals surface area (Å²) in [5, 5.41) is 10.6. The van der Waals surface area contributed by atoms with Gasteiger partial charge in [0.25, 0.3) is 0 Å². The molecule has 0 aromatic carbocycles. The lowest BCUT2D eigenvalue weighted by atomic mass is 10.7. The minimum atomic E-state index is -0.334. The molecule has 0 saturated heterocycles. The van der Waals surface area contributed by atoms with Crippen LogP contribution in [0.4, 0.5) is 4.79 Å². The molecule has 4 nitrogen and oxygen atoms in total. The van der Waals surface area contributed by atoms with Crippen molar-refractivity contribution < 1.29 is 9.90 Å². The Bertz CT molecular complexity index is 353. The number of thiazole rings is 1. The average molecular weight is 204 g/mol. The number of carbonyl (C=O) groups is 1. The quantitative estimate of drug-likeness (QED) is 0.652. The predicted molar refractivity (Wildman–Crippen MR) is 49.3 cm³/mol. The van der Waals surface area contributed by atoms with Crippen LogP contribution in [-0.2, 0) is 0 Å². The molecule has 0 aliphatic carbocycles. The maximum atomic E-state index is 11.3. The molecule has 0 aliphatic rings. The van der Waals surface area contributed by atoms with Crippen molar-refractivity contribution in [2.75, 3.05) is 14.1 Å². The Morgan fingerprint density at radius 2 is 2.33 bits per heavy atom. The second-order valence-corrected chi connectivity index (χ2v) is 3.88. The topological polar surface area (TPSA) is 45.5 Å². The van der Waals surface area contributed by atoms with Gasteiger partial charge in [0.05, 0.1) is 5.38 Å². The maximum Gasteiger partial charge on any atom is 0.332 e. The first kappa shape index (κ1) is 9.21. The Morgan fingerprint density at radius 1 is 1.75 bits per heavy atom. The van der Waals surface area contributed by atoms with Crippen molar-refractivity contribution in [3.8, 4) is 5.88 Å². The Morgan fingerprint density at radius 3 is 2.67 bits per heavy atom. The lowest BCUT2D eigenvalue weighted by Gasteiger charge is -2.10. The van der Waals surface area contributed by atoms with Crippen molar-refractivity contribution in [1.29, 1.82) is 0 Å². The normalized spacial score (nSPS) is 9.83. The number of aromatic nitrogens is 1. The third-order valence-corrected chi connectivity index (χ3v) is 2.43. The van der Waals surface area contributed by atoms with Crippen LogP contribution < -0.4 is 0 Å². The van der Waals surface area contributed by atoms with Gasteiger partial charge in [-0.15, -0.1) is 11.3 Å². The highest BCUT2D eigenvalue weighted by Crippen LogP contribution is 2.17. The van der Waals surface area contributed by atoms with E-state index in [1.165, 1.54) is 10.3 Å². The van der Waals surface area contributed by atoms with Gasteiger partial charge in [0.2, 0.25) is 5.88 Å². The van der Waals surface area contributed by atoms with Crippen LogP contribution in [0.25, 0.3) is 0 Å². The molecule has 1 heterocycles. The average Bonchev–Trinajstić information content (AvgIpc) is 2.30. The fourth-order valence-corrected chi connectivity index (χ4v) is 1.58. The minimum absolute atomic E-state index is 0.108. The first-order valence-electron chi connectivity index (χ1n) is 3.15. The Kier molecular flexibility index (Phi) is 2.49. The maximum absolute atomic E-state index is 11.3. The van der Waals surface area contributed by atoms with E-state index in [9.17, 15) is 9.90 Å². The second-order valence-electron chi connectivity index (χ2n) is 2.37. The zero-order chi connectivity index (χ0) is 9.30. The number of amides is 1. The van der Waals surface area contributed by atoms with E-state index < -0.39 is 0 Å². The van der Waals surface area contributed by atoms with Crippen molar-refractivity contribution >= 4 is 29.6 Å². The van der Waals surface area contributed by atoms with Gasteiger partial charge in [-0.05, 0) is 12.2 Å². The molecule has 0 spiro atoms. The molecule has 12 heavy (non-hydrogen) atoms. The van der Waals surface area contributed by atoms with Gasteiger partial charge in [0, 0.05) is 14.1 Å². The zero-order valence-corrected chi connectivity index (χ0v) is 8.28. The lowest BCUT2D eigenvalue weighted by Crippen LogP contribution is -2.26. The van der Waals surface area contributed by atoms with Gasteiger partial charge in [-0.25, -0.2) is 9.36 Å². The molecule has 0 fully saturated rings. The molecule has 66 valence electrons. The van der Waals surface area contributed by atoms with Crippen LogP contribution in [0.15, 0.2) is 5.38 Å². The Balaban J connectivity index is 3.18. The summed E-state index contributed by atoms with van der Waals surface area (Å²) in [7, 11) is 3.20. The highest BCUT2D eigenvalue weighted by Gasteiger charge is 2.12. The molecule has 0 atom stereocenters. The molecule has 0 aliphatic heterocycles. The summed E-state index contributed by atoms with van der Waals surface area (Å²) in [6, 6.07) is -0.334. The van der Waals surface area contributed by atoms with E-state index in [4.69, 9.17) is 12.2 Å². The van der Waals surface area contributed by atoms with Crippen LogP contribution in [0.1, 0.15) is 0 Å². The highest BCUT2D eigenvalue weighted by atomic mass is 32.1. The van der Waals surface area contributed by atoms with E-state index in [-0.39, 0.29) is 11.9 Å². The van der Waals surface area contributed by atoms with Crippen molar-refractivity contribution in [2.24, 2.45) is 0 Å². The monoisotopic (exact) mass is 204 g/mol. The summed E-state index contributed by atoms with van der Waals surface area (Å²) in [6.07, 6.45) is 0. The molecule has 6 heteroatoms. The van der Waals surface area contributed by atoms with Gasteiger partial charge in [0.1, 0.15) is 0 Å². The highest BCUT2D eigenvalue weighted by molar-refractivity contribution is 7.73.